The number of hydrogen-bond acceptors (Lipinski definition) is 5. The second kappa shape index (κ2) is 9.75. The molecule has 1 saturated carbocycles. The van der Waals surface area contributed by atoms with Crippen molar-refractivity contribution in [1.29, 1.82) is 0 Å². The van der Waals surface area contributed by atoms with Gasteiger partial charge in [0.05, 0.1) is 25.0 Å². The Morgan fingerprint density at radius 1 is 1.05 bits per heavy atom. The van der Waals surface area contributed by atoms with Crippen LogP contribution in [0.3, 0.4) is 0 Å². The first-order valence-electron chi connectivity index (χ1n) is 7.63. The number of aliphatic hydroxyl groups is 1. The van der Waals surface area contributed by atoms with Crippen LogP contribution in [0.25, 0.3) is 0 Å². The van der Waals surface area contributed by atoms with Crippen molar-refractivity contribution < 1.29 is 24.2 Å². The van der Waals surface area contributed by atoms with Crippen LogP contribution in [0.2, 0.25) is 0 Å². The molecule has 116 valence electrons. The van der Waals surface area contributed by atoms with E-state index < -0.39 is 0 Å². The monoisotopic (exact) mass is 286 g/mol. The summed E-state index contributed by atoms with van der Waals surface area (Å²) in [4.78, 5) is 23.7. The van der Waals surface area contributed by atoms with Crippen LogP contribution in [-0.2, 0) is 19.1 Å². The van der Waals surface area contributed by atoms with E-state index in [-0.39, 0.29) is 37.0 Å². The number of hydrogen-bond donors (Lipinski definition) is 1. The molecule has 0 radical (unpaired) electrons. The molecule has 2 unspecified atom stereocenters. The van der Waals surface area contributed by atoms with Gasteiger partial charge in [-0.05, 0) is 25.7 Å². The van der Waals surface area contributed by atoms with E-state index >= 15 is 0 Å². The van der Waals surface area contributed by atoms with Gasteiger partial charge in [-0.25, -0.2) is 0 Å². The zero-order chi connectivity index (χ0) is 14.8. The number of rotatable bonds is 8. The topological polar surface area (TPSA) is 72.8 Å². The summed E-state index contributed by atoms with van der Waals surface area (Å²) in [6.45, 7) is 2.44. The third-order valence-corrected chi connectivity index (χ3v) is 3.67. The van der Waals surface area contributed by atoms with E-state index in [0.29, 0.717) is 13.0 Å². The van der Waals surface area contributed by atoms with Crippen molar-refractivity contribution in [3.8, 4) is 0 Å². The quantitative estimate of drug-likeness (QED) is 0.546. The highest BCUT2D eigenvalue weighted by Gasteiger charge is 2.32. The Bertz CT molecular complexity index is 303. The lowest BCUT2D eigenvalue weighted by atomic mass is 9.81. The molecule has 1 rings (SSSR count). The van der Waals surface area contributed by atoms with Crippen molar-refractivity contribution >= 4 is 11.9 Å². The number of esters is 2. The molecule has 0 amide bonds. The van der Waals surface area contributed by atoms with Gasteiger partial charge in [0.25, 0.3) is 0 Å². The predicted molar refractivity (Wildman–Crippen MR) is 74.0 cm³/mol. The smallest absolute Gasteiger partial charge is 0.309 e. The van der Waals surface area contributed by atoms with Gasteiger partial charge in [-0.1, -0.05) is 26.2 Å². The zero-order valence-electron chi connectivity index (χ0n) is 12.3. The normalized spacial score (nSPS) is 22.3. The van der Waals surface area contributed by atoms with Crippen LogP contribution in [0.5, 0.6) is 0 Å². The Morgan fingerprint density at radius 2 is 1.65 bits per heavy atom. The van der Waals surface area contributed by atoms with Gasteiger partial charge in [-0.15, -0.1) is 0 Å². The van der Waals surface area contributed by atoms with Gasteiger partial charge in [0.1, 0.15) is 6.61 Å². The van der Waals surface area contributed by atoms with Gasteiger partial charge in [0, 0.05) is 0 Å². The molecular weight excluding hydrogens is 260 g/mol. The Labute approximate surface area is 120 Å². The molecule has 1 aliphatic rings. The fourth-order valence-electron chi connectivity index (χ4n) is 2.52. The van der Waals surface area contributed by atoms with Gasteiger partial charge in [-0.2, -0.15) is 0 Å². The van der Waals surface area contributed by atoms with Crippen LogP contribution in [0.15, 0.2) is 0 Å². The largest absolute Gasteiger partial charge is 0.465 e. The predicted octanol–water partition coefficient (Wildman–Crippen LogP) is 2.06. The average Bonchev–Trinajstić information content (AvgIpc) is 2.49. The first kappa shape index (κ1) is 17.0. The first-order valence-corrected chi connectivity index (χ1v) is 7.63. The highest BCUT2D eigenvalue weighted by Crippen LogP contribution is 2.30. The summed E-state index contributed by atoms with van der Waals surface area (Å²) < 4.78 is 10.2. The summed E-state index contributed by atoms with van der Waals surface area (Å²) in [5, 5.41) is 8.64. The molecule has 5 heteroatoms. The lowest BCUT2D eigenvalue weighted by Gasteiger charge is -2.26. The minimum atomic E-state index is -0.303. The molecule has 0 spiro atoms. The van der Waals surface area contributed by atoms with E-state index in [2.05, 4.69) is 6.92 Å². The van der Waals surface area contributed by atoms with Gasteiger partial charge < -0.3 is 14.6 Å². The van der Waals surface area contributed by atoms with Crippen LogP contribution in [0.4, 0.5) is 0 Å². The Kier molecular flexibility index (Phi) is 8.26. The highest BCUT2D eigenvalue weighted by atomic mass is 16.5. The summed E-state index contributed by atoms with van der Waals surface area (Å²) in [5.41, 5.74) is 0. The number of aliphatic hydroxyl groups excluding tert-OH is 1. The second-order valence-corrected chi connectivity index (χ2v) is 5.33. The number of carbonyl (C=O) groups excluding carboxylic acids is 2. The van der Waals surface area contributed by atoms with Crippen molar-refractivity contribution in [3.63, 3.8) is 0 Å². The maximum absolute atomic E-state index is 11.9. The number of ether oxygens (including phenoxy) is 2. The van der Waals surface area contributed by atoms with Crippen LogP contribution in [0, 0.1) is 11.8 Å². The van der Waals surface area contributed by atoms with E-state index in [0.717, 1.165) is 38.5 Å². The van der Waals surface area contributed by atoms with E-state index in [1.165, 1.54) is 0 Å². The van der Waals surface area contributed by atoms with Crippen LogP contribution in [0.1, 0.15) is 51.9 Å². The Hall–Kier alpha value is -1.10. The van der Waals surface area contributed by atoms with Gasteiger partial charge in [0.2, 0.25) is 0 Å². The zero-order valence-corrected chi connectivity index (χ0v) is 12.3. The molecule has 0 heterocycles. The fourth-order valence-corrected chi connectivity index (χ4v) is 2.52. The molecule has 0 saturated heterocycles. The summed E-state index contributed by atoms with van der Waals surface area (Å²) in [7, 11) is 0. The van der Waals surface area contributed by atoms with Crippen molar-refractivity contribution in [3.05, 3.63) is 0 Å². The van der Waals surface area contributed by atoms with Crippen molar-refractivity contribution in [2.45, 2.75) is 51.9 Å². The van der Waals surface area contributed by atoms with E-state index in [1.54, 1.807) is 0 Å². The maximum Gasteiger partial charge on any atom is 0.309 e. The van der Waals surface area contributed by atoms with E-state index in [4.69, 9.17) is 14.6 Å². The number of carbonyl (C=O) groups is 2. The minimum absolute atomic E-state index is 0.0292. The highest BCUT2D eigenvalue weighted by molar-refractivity contribution is 5.76. The van der Waals surface area contributed by atoms with Crippen molar-refractivity contribution in [2.75, 3.05) is 19.8 Å². The third kappa shape index (κ3) is 5.90. The summed E-state index contributed by atoms with van der Waals surface area (Å²) in [6.07, 6.45) is 5.95. The first-order chi connectivity index (χ1) is 9.69. The fraction of sp³-hybridized carbons (Fsp3) is 0.867. The summed E-state index contributed by atoms with van der Waals surface area (Å²) >= 11 is 0. The summed E-state index contributed by atoms with van der Waals surface area (Å²) in [6, 6.07) is 0. The van der Waals surface area contributed by atoms with Gasteiger partial charge in [0.15, 0.2) is 0 Å². The number of unbranched alkanes of at least 4 members (excludes halogenated alkanes) is 2. The lowest BCUT2D eigenvalue weighted by Crippen LogP contribution is -2.30. The molecule has 20 heavy (non-hydrogen) atoms. The van der Waals surface area contributed by atoms with E-state index in [9.17, 15) is 9.59 Å². The second-order valence-electron chi connectivity index (χ2n) is 5.33. The SMILES string of the molecule is CCCCCOC(=O)C1CCCC(C(=O)OCCO)C1. The molecule has 1 aliphatic carbocycles. The van der Waals surface area contributed by atoms with Crippen molar-refractivity contribution in [1.82, 2.24) is 0 Å². The molecule has 5 nitrogen and oxygen atoms in total. The molecule has 0 bridgehead atoms. The lowest BCUT2D eigenvalue weighted by molar-refractivity contribution is -0.155. The molecule has 2 atom stereocenters. The average molecular weight is 286 g/mol. The van der Waals surface area contributed by atoms with Gasteiger partial charge >= 0.3 is 11.9 Å². The Morgan fingerprint density at radius 3 is 2.20 bits per heavy atom. The molecule has 0 aromatic heterocycles. The Balaban J connectivity index is 2.32. The molecule has 1 fully saturated rings. The maximum atomic E-state index is 11.9. The minimum Gasteiger partial charge on any atom is -0.465 e. The summed E-state index contributed by atoms with van der Waals surface area (Å²) in [5.74, 6) is -0.899. The molecule has 0 aliphatic heterocycles. The van der Waals surface area contributed by atoms with Crippen LogP contribution < -0.4 is 0 Å². The third-order valence-electron chi connectivity index (χ3n) is 3.67. The molecule has 1 N–H and O–H groups in total. The molecule has 0 aromatic carbocycles. The van der Waals surface area contributed by atoms with Gasteiger partial charge in [-0.3, -0.25) is 9.59 Å². The standard InChI is InChI=1S/C15H26O5/c1-2-3-4-9-19-14(17)12-6-5-7-13(11-12)15(18)20-10-8-16/h12-13,16H,2-11H2,1H3. The molecular formula is C15H26O5. The van der Waals surface area contributed by atoms with Crippen LogP contribution >= 0.6 is 0 Å². The van der Waals surface area contributed by atoms with Crippen LogP contribution in [-0.4, -0.2) is 36.9 Å². The van der Waals surface area contributed by atoms with Crippen molar-refractivity contribution in [2.24, 2.45) is 11.8 Å². The van der Waals surface area contributed by atoms with E-state index in [1.807, 2.05) is 0 Å². The molecule has 0 aromatic rings.